The van der Waals surface area contributed by atoms with Gasteiger partial charge in [0.05, 0.1) is 29.9 Å². The molecule has 0 N–H and O–H groups in total. The first-order valence-electron chi connectivity index (χ1n) is 23.4. The van der Waals surface area contributed by atoms with Crippen LogP contribution < -0.4 is 37.9 Å². The average Bonchev–Trinajstić information content (AvgIpc) is 3.43. The van der Waals surface area contributed by atoms with E-state index >= 15 is 0 Å². The molecule has 0 saturated carbocycles. The van der Waals surface area contributed by atoms with Gasteiger partial charge in [-0.25, -0.2) is 38.9 Å². The Kier molecular flexibility index (Phi) is 29.3. The van der Waals surface area contributed by atoms with Crippen molar-refractivity contribution in [3.63, 3.8) is 0 Å². The summed E-state index contributed by atoms with van der Waals surface area (Å²) in [6.45, 7) is 23.1. The van der Waals surface area contributed by atoms with Gasteiger partial charge >= 0.3 is 11.9 Å². The van der Waals surface area contributed by atoms with Gasteiger partial charge in [0.25, 0.3) is 0 Å². The molecule has 0 unspecified atom stereocenters. The lowest BCUT2D eigenvalue weighted by Gasteiger charge is -2.18. The lowest BCUT2D eigenvalue weighted by molar-refractivity contribution is -0.289. The maximum atomic E-state index is 13.1. The van der Waals surface area contributed by atoms with Crippen molar-refractivity contribution in [2.45, 2.75) is 0 Å². The summed E-state index contributed by atoms with van der Waals surface area (Å²) in [4.78, 5) is 56.4. The van der Waals surface area contributed by atoms with Crippen LogP contribution in [-0.4, -0.2) is 111 Å². The van der Waals surface area contributed by atoms with Crippen LogP contribution in [0.1, 0.15) is 11.1 Å². The molecule has 0 radical (unpaired) electrons. The predicted molar refractivity (Wildman–Crippen MR) is 278 cm³/mol. The summed E-state index contributed by atoms with van der Waals surface area (Å²) in [5.74, 6) is 10.7. The van der Waals surface area contributed by atoms with Crippen LogP contribution in [0.15, 0.2) is 149 Å². The number of carbonyl (C=O) groups is 2. The van der Waals surface area contributed by atoms with Crippen molar-refractivity contribution in [1.82, 2.24) is 0 Å². The van der Waals surface area contributed by atoms with E-state index in [4.69, 9.17) is 81.4 Å². The van der Waals surface area contributed by atoms with Gasteiger partial charge in [-0.3, -0.25) is 0 Å². The summed E-state index contributed by atoms with van der Waals surface area (Å²) >= 11 is 0. The predicted octanol–water partition coefficient (Wildman–Crippen LogP) is 8.42. The molecule has 0 spiro atoms. The van der Waals surface area contributed by atoms with E-state index < -0.39 is 11.9 Å². The van der Waals surface area contributed by atoms with Crippen LogP contribution >= 0.6 is 0 Å². The minimum absolute atomic E-state index is 0.0157. The molecule has 0 amide bonds. The van der Waals surface area contributed by atoms with E-state index in [-0.39, 0.29) is 145 Å². The molecule has 402 valence electrons. The Labute approximate surface area is 442 Å². The summed E-state index contributed by atoms with van der Waals surface area (Å²) in [6.07, 6.45) is 8.49. The summed E-state index contributed by atoms with van der Waals surface area (Å²) < 4.78 is 62.6. The second-order valence-corrected chi connectivity index (χ2v) is 14.3. The summed E-state index contributed by atoms with van der Waals surface area (Å²) in [5, 5.41) is 0. The fourth-order valence-corrected chi connectivity index (χ4v) is 5.85. The largest absolute Gasteiger partial charge is 0.498 e. The molecular weight excluding hydrogens is 989 g/mol. The second kappa shape index (κ2) is 37.1. The Morgan fingerprint density at radius 3 is 1.05 bits per heavy atom. The number of ether oxygens (including phenoxy) is 11. The molecule has 0 heterocycles. The maximum absolute atomic E-state index is 13.1. The molecule has 76 heavy (non-hydrogen) atoms. The van der Waals surface area contributed by atoms with Crippen LogP contribution in [-0.2, 0) is 53.1 Å². The van der Waals surface area contributed by atoms with E-state index in [0.29, 0.717) is 11.3 Å². The zero-order chi connectivity index (χ0) is 54.3. The summed E-state index contributed by atoms with van der Waals surface area (Å²) in [6, 6.07) is 19.9. The van der Waals surface area contributed by atoms with E-state index in [1.165, 1.54) is 30.9 Å². The quantitative estimate of drug-likeness (QED) is 0.00604. The standard InChI is InChI=1S/C57H60O19/c1-7-29-69-72-41-38-64-51-26-18-46(54(65-36-33-61-11-5)57(51)68-40-43-74-71-31-9-3)19-27-52(58)75-48-21-13-44(14-22-48)45-15-23-49(24-16-45)76-53(59)28-20-47-17-25-50(63-35-32-60-10-4)56(67-37-34-62-12-6)55(47)66-39-42-73-70-30-8-2/h7-18,21-26H,1-6,29-43H2. The highest BCUT2D eigenvalue weighted by atomic mass is 17.2. The van der Waals surface area contributed by atoms with Crippen molar-refractivity contribution in [3.8, 4) is 80.8 Å². The van der Waals surface area contributed by atoms with Crippen LogP contribution in [0.4, 0.5) is 0 Å². The fraction of sp³-hybridized carbons (Fsp3) is 0.263. The van der Waals surface area contributed by atoms with Crippen LogP contribution in [0.25, 0.3) is 11.1 Å². The molecule has 0 atom stereocenters. The van der Waals surface area contributed by atoms with Crippen molar-refractivity contribution < 1.29 is 91.0 Å². The Bertz CT molecular complexity index is 2590. The molecule has 4 aromatic rings. The van der Waals surface area contributed by atoms with Gasteiger partial charge in [-0.2, -0.15) is 0 Å². The minimum atomic E-state index is -0.849. The third kappa shape index (κ3) is 22.6. The number of hydrogen-bond donors (Lipinski definition) is 0. The third-order valence-electron chi connectivity index (χ3n) is 8.98. The van der Waals surface area contributed by atoms with Crippen molar-refractivity contribution in [2.24, 2.45) is 0 Å². The van der Waals surface area contributed by atoms with Crippen molar-refractivity contribution in [3.05, 3.63) is 160 Å². The van der Waals surface area contributed by atoms with Gasteiger partial charge in [0.15, 0.2) is 23.0 Å². The van der Waals surface area contributed by atoms with E-state index in [2.05, 4.69) is 63.2 Å². The highest BCUT2D eigenvalue weighted by Gasteiger charge is 2.20. The van der Waals surface area contributed by atoms with Crippen LogP contribution in [0, 0.1) is 23.7 Å². The number of esters is 2. The smallest absolute Gasteiger partial charge is 0.390 e. The fourth-order valence-electron chi connectivity index (χ4n) is 5.85. The molecule has 0 aliphatic heterocycles. The molecule has 0 bridgehead atoms. The lowest BCUT2D eigenvalue weighted by atomic mass is 10.1. The normalized spacial score (nSPS) is 10.1. The van der Waals surface area contributed by atoms with Crippen molar-refractivity contribution >= 4 is 11.9 Å². The monoisotopic (exact) mass is 1050 g/mol. The molecule has 0 aliphatic rings. The van der Waals surface area contributed by atoms with Gasteiger partial charge in [0.2, 0.25) is 11.5 Å². The van der Waals surface area contributed by atoms with Gasteiger partial charge in [0.1, 0.15) is 111 Å². The first-order chi connectivity index (χ1) is 37.3. The van der Waals surface area contributed by atoms with Crippen molar-refractivity contribution in [1.29, 1.82) is 0 Å². The molecular formula is C57H60O19. The van der Waals surface area contributed by atoms with Gasteiger partial charge in [0, 0.05) is 11.8 Å². The Morgan fingerprint density at radius 2 is 0.697 bits per heavy atom. The molecule has 0 aromatic heterocycles. The number of benzene rings is 4. The first-order valence-corrected chi connectivity index (χ1v) is 23.4. The summed E-state index contributed by atoms with van der Waals surface area (Å²) in [7, 11) is 0. The molecule has 0 aliphatic carbocycles. The van der Waals surface area contributed by atoms with E-state index in [0.717, 1.165) is 11.1 Å². The Balaban J connectivity index is 1.46. The zero-order valence-corrected chi connectivity index (χ0v) is 42.0. The topological polar surface area (TPSA) is 191 Å². The number of carbonyl (C=O) groups excluding carboxylic acids is 2. The van der Waals surface area contributed by atoms with E-state index in [9.17, 15) is 9.59 Å². The van der Waals surface area contributed by atoms with E-state index in [1.807, 2.05) is 0 Å². The molecule has 0 fully saturated rings. The highest BCUT2D eigenvalue weighted by molar-refractivity contribution is 5.92. The van der Waals surface area contributed by atoms with Crippen LogP contribution in [0.2, 0.25) is 0 Å². The zero-order valence-electron chi connectivity index (χ0n) is 42.0. The average molecular weight is 1050 g/mol. The highest BCUT2D eigenvalue weighted by Crippen LogP contribution is 2.42. The van der Waals surface area contributed by atoms with Gasteiger partial charge < -0.3 is 52.1 Å². The second-order valence-electron chi connectivity index (χ2n) is 14.3. The number of hydrogen-bond acceptors (Lipinski definition) is 19. The molecule has 4 aromatic carbocycles. The molecule has 19 nitrogen and oxygen atoms in total. The van der Waals surface area contributed by atoms with Gasteiger partial charge in [-0.15, -0.1) is 19.7 Å². The van der Waals surface area contributed by atoms with Crippen LogP contribution in [0.5, 0.6) is 46.0 Å². The molecule has 0 saturated heterocycles. The third-order valence-corrected chi connectivity index (χ3v) is 8.98. The maximum Gasteiger partial charge on any atom is 0.390 e. The molecule has 4 rings (SSSR count). The molecule has 19 heteroatoms. The minimum Gasteiger partial charge on any atom is -0.498 e. The first kappa shape index (κ1) is 59.9. The van der Waals surface area contributed by atoms with Crippen LogP contribution in [0.3, 0.4) is 0 Å². The number of rotatable bonds is 39. The Morgan fingerprint density at radius 1 is 0.368 bits per heavy atom. The van der Waals surface area contributed by atoms with Crippen molar-refractivity contribution in [2.75, 3.05) is 99.1 Å². The van der Waals surface area contributed by atoms with E-state index in [1.54, 1.807) is 78.9 Å². The van der Waals surface area contributed by atoms with Gasteiger partial charge in [-0.1, -0.05) is 74.1 Å². The Hall–Kier alpha value is -8.66. The van der Waals surface area contributed by atoms with Gasteiger partial charge in [-0.05, 0) is 59.7 Å². The summed E-state index contributed by atoms with van der Waals surface area (Å²) in [5.41, 5.74) is 2.12. The lowest BCUT2D eigenvalue weighted by Crippen LogP contribution is -2.13. The SMILES string of the molecule is C=CCOOCCOc1ccc(C#CC(=O)Oc2ccc(-c3ccc(OC(=O)C#Cc4ccc(OCCOC=C)c(OCCOC=C)c4OCCOOCC=C)cc3)cc2)c(OCCOC=C)c1OCCOOCC=C.